The van der Waals surface area contributed by atoms with Crippen LogP contribution in [0.3, 0.4) is 0 Å². The molecule has 0 bridgehead atoms. The molecule has 2 aromatic rings. The van der Waals surface area contributed by atoms with E-state index in [1.54, 1.807) is 12.4 Å². The Morgan fingerprint density at radius 1 is 1.12 bits per heavy atom. The van der Waals surface area contributed by atoms with Crippen molar-refractivity contribution in [3.8, 4) is 0 Å². The van der Waals surface area contributed by atoms with Gasteiger partial charge >= 0.3 is 0 Å². The molecule has 2 aromatic heterocycles. The summed E-state index contributed by atoms with van der Waals surface area (Å²) in [4.78, 5) is 8.28. The van der Waals surface area contributed by atoms with Gasteiger partial charge < -0.3 is 5.32 Å². The third-order valence-electron chi connectivity index (χ3n) is 2.88. The second kappa shape index (κ2) is 6.11. The molecule has 2 rings (SSSR count). The molecule has 88 valence electrons. The first-order chi connectivity index (χ1) is 8.40. The molecule has 0 fully saturated rings. The third kappa shape index (κ3) is 3.36. The molecule has 0 aliphatic carbocycles. The molecule has 0 aromatic carbocycles. The Balaban J connectivity index is 1.97. The number of nitrogens with zero attached hydrogens (tertiary/aromatic N) is 2. The highest BCUT2D eigenvalue weighted by Gasteiger charge is 2.08. The molecule has 3 nitrogen and oxygen atoms in total. The third-order valence-corrected chi connectivity index (χ3v) is 2.88. The van der Waals surface area contributed by atoms with Crippen LogP contribution < -0.4 is 5.32 Å². The normalized spacial score (nSPS) is 12.3. The molecule has 0 amide bonds. The number of aryl methyl sites for hydroxylation is 1. The monoisotopic (exact) mass is 227 g/mol. The summed E-state index contributed by atoms with van der Waals surface area (Å²) in [6, 6.07) is 8.53. The van der Waals surface area contributed by atoms with Crippen molar-refractivity contribution >= 4 is 0 Å². The summed E-state index contributed by atoms with van der Waals surface area (Å²) < 4.78 is 0. The first-order valence-electron chi connectivity index (χ1n) is 5.86. The number of nitrogens with one attached hydrogen (secondary N) is 1. The van der Waals surface area contributed by atoms with Crippen molar-refractivity contribution < 1.29 is 0 Å². The molecule has 0 aliphatic rings. The van der Waals surface area contributed by atoms with Crippen molar-refractivity contribution in [3.05, 3.63) is 60.2 Å². The van der Waals surface area contributed by atoms with E-state index in [9.17, 15) is 0 Å². The minimum atomic E-state index is 0.351. The van der Waals surface area contributed by atoms with Crippen molar-refractivity contribution in [2.45, 2.75) is 18.9 Å². The Morgan fingerprint density at radius 3 is 2.47 bits per heavy atom. The average Bonchev–Trinajstić information content (AvgIpc) is 2.42. The fraction of sp³-hybridized carbons (Fsp3) is 0.286. The highest BCUT2D eigenvalue weighted by Crippen LogP contribution is 2.17. The lowest BCUT2D eigenvalue weighted by Gasteiger charge is -2.15. The van der Waals surface area contributed by atoms with Gasteiger partial charge in [0.15, 0.2) is 0 Å². The van der Waals surface area contributed by atoms with Gasteiger partial charge in [0.2, 0.25) is 0 Å². The maximum atomic E-state index is 4.16. The van der Waals surface area contributed by atoms with Crippen LogP contribution in [-0.4, -0.2) is 17.0 Å². The van der Waals surface area contributed by atoms with E-state index >= 15 is 0 Å². The Morgan fingerprint density at radius 2 is 1.88 bits per heavy atom. The summed E-state index contributed by atoms with van der Waals surface area (Å²) in [7, 11) is 1.99. The fourth-order valence-corrected chi connectivity index (χ4v) is 1.92. The van der Waals surface area contributed by atoms with Gasteiger partial charge in [0, 0.05) is 30.8 Å². The van der Waals surface area contributed by atoms with Crippen LogP contribution in [0.1, 0.15) is 23.6 Å². The summed E-state index contributed by atoms with van der Waals surface area (Å²) in [5.74, 6) is 0. The van der Waals surface area contributed by atoms with E-state index < -0.39 is 0 Å². The first-order valence-corrected chi connectivity index (χ1v) is 5.86. The van der Waals surface area contributed by atoms with E-state index in [2.05, 4.69) is 27.4 Å². The van der Waals surface area contributed by atoms with Gasteiger partial charge in [-0.2, -0.15) is 0 Å². The first kappa shape index (κ1) is 11.7. The molecule has 0 radical (unpaired) electrons. The highest BCUT2D eigenvalue weighted by molar-refractivity contribution is 5.15. The highest BCUT2D eigenvalue weighted by atomic mass is 14.9. The lowest BCUT2D eigenvalue weighted by molar-refractivity contribution is 0.547. The van der Waals surface area contributed by atoms with E-state index in [0.29, 0.717) is 6.04 Å². The fourth-order valence-electron chi connectivity index (χ4n) is 1.92. The molecular weight excluding hydrogens is 210 g/mol. The van der Waals surface area contributed by atoms with Crippen LogP contribution in [0.2, 0.25) is 0 Å². The maximum Gasteiger partial charge on any atom is 0.0336 e. The van der Waals surface area contributed by atoms with Crippen LogP contribution in [0.25, 0.3) is 0 Å². The standard InChI is InChI=1S/C14H17N3/c1-15-14(13-5-3-9-17-11-13)7-6-12-4-2-8-16-10-12/h2-5,8-11,14-15H,6-7H2,1H3. The Hall–Kier alpha value is -1.74. The molecule has 0 aliphatic heterocycles. The van der Waals surface area contributed by atoms with Crippen LogP contribution >= 0.6 is 0 Å². The quantitative estimate of drug-likeness (QED) is 0.852. The van der Waals surface area contributed by atoms with Gasteiger partial charge in [-0.25, -0.2) is 0 Å². The van der Waals surface area contributed by atoms with Gasteiger partial charge in [-0.15, -0.1) is 0 Å². The number of pyridine rings is 2. The summed E-state index contributed by atoms with van der Waals surface area (Å²) in [5.41, 5.74) is 2.51. The van der Waals surface area contributed by atoms with E-state index in [1.807, 2.05) is 31.6 Å². The van der Waals surface area contributed by atoms with Gasteiger partial charge in [-0.3, -0.25) is 9.97 Å². The molecule has 17 heavy (non-hydrogen) atoms. The zero-order chi connectivity index (χ0) is 11.9. The molecule has 3 heteroatoms. The van der Waals surface area contributed by atoms with Gasteiger partial charge in [-0.1, -0.05) is 12.1 Å². The molecule has 2 heterocycles. The SMILES string of the molecule is CNC(CCc1cccnc1)c1cccnc1. The number of rotatable bonds is 5. The van der Waals surface area contributed by atoms with E-state index in [4.69, 9.17) is 0 Å². The minimum Gasteiger partial charge on any atom is -0.313 e. The van der Waals surface area contributed by atoms with Gasteiger partial charge in [0.25, 0.3) is 0 Å². The molecule has 0 saturated carbocycles. The molecule has 0 saturated heterocycles. The average molecular weight is 227 g/mol. The van der Waals surface area contributed by atoms with E-state index in [-0.39, 0.29) is 0 Å². The smallest absolute Gasteiger partial charge is 0.0336 e. The van der Waals surface area contributed by atoms with Crippen molar-refractivity contribution in [1.29, 1.82) is 0 Å². The summed E-state index contributed by atoms with van der Waals surface area (Å²) in [6.07, 6.45) is 9.53. The molecular formula is C14H17N3. The Labute approximate surface area is 102 Å². The predicted octanol–water partition coefficient (Wildman–Crippen LogP) is 2.37. The second-order valence-electron chi connectivity index (χ2n) is 4.03. The lowest BCUT2D eigenvalue weighted by atomic mass is 10.0. The summed E-state index contributed by atoms with van der Waals surface area (Å²) in [6.45, 7) is 0. The molecule has 0 spiro atoms. The zero-order valence-electron chi connectivity index (χ0n) is 10.0. The number of aromatic nitrogens is 2. The van der Waals surface area contributed by atoms with Crippen molar-refractivity contribution in [1.82, 2.24) is 15.3 Å². The second-order valence-corrected chi connectivity index (χ2v) is 4.03. The van der Waals surface area contributed by atoms with Crippen LogP contribution in [0.4, 0.5) is 0 Å². The largest absolute Gasteiger partial charge is 0.313 e. The maximum absolute atomic E-state index is 4.16. The zero-order valence-corrected chi connectivity index (χ0v) is 10.0. The Kier molecular flexibility index (Phi) is 4.22. The summed E-state index contributed by atoms with van der Waals surface area (Å²) >= 11 is 0. The summed E-state index contributed by atoms with van der Waals surface area (Å²) in [5, 5.41) is 3.33. The van der Waals surface area contributed by atoms with Crippen molar-refractivity contribution in [2.75, 3.05) is 7.05 Å². The molecule has 1 atom stereocenters. The van der Waals surface area contributed by atoms with Crippen LogP contribution in [0, 0.1) is 0 Å². The van der Waals surface area contributed by atoms with Gasteiger partial charge in [0.1, 0.15) is 0 Å². The van der Waals surface area contributed by atoms with Crippen LogP contribution in [0.15, 0.2) is 49.1 Å². The topological polar surface area (TPSA) is 37.8 Å². The Bertz CT molecular complexity index is 428. The van der Waals surface area contributed by atoms with Crippen molar-refractivity contribution in [3.63, 3.8) is 0 Å². The number of hydrogen-bond donors (Lipinski definition) is 1. The van der Waals surface area contributed by atoms with Crippen molar-refractivity contribution in [2.24, 2.45) is 0 Å². The lowest BCUT2D eigenvalue weighted by Crippen LogP contribution is -2.17. The van der Waals surface area contributed by atoms with E-state index in [0.717, 1.165) is 12.8 Å². The molecule has 1 N–H and O–H groups in total. The van der Waals surface area contributed by atoms with E-state index in [1.165, 1.54) is 11.1 Å². The van der Waals surface area contributed by atoms with Gasteiger partial charge in [-0.05, 0) is 43.1 Å². The number of hydrogen-bond acceptors (Lipinski definition) is 3. The van der Waals surface area contributed by atoms with Crippen LogP contribution in [0.5, 0.6) is 0 Å². The van der Waals surface area contributed by atoms with Gasteiger partial charge in [0.05, 0.1) is 0 Å². The predicted molar refractivity (Wildman–Crippen MR) is 68.6 cm³/mol. The van der Waals surface area contributed by atoms with Crippen LogP contribution in [-0.2, 0) is 6.42 Å². The minimum absolute atomic E-state index is 0.351. The molecule has 1 unspecified atom stereocenters.